The van der Waals surface area contributed by atoms with Crippen molar-refractivity contribution in [3.05, 3.63) is 40.7 Å². The van der Waals surface area contributed by atoms with E-state index in [1.54, 1.807) is 22.2 Å². The number of hydrogen-bond donors (Lipinski definition) is 6. The molecule has 0 bridgehead atoms. The lowest BCUT2D eigenvalue weighted by atomic mass is 9.72. The van der Waals surface area contributed by atoms with Crippen LogP contribution in [-0.4, -0.2) is 64.4 Å². The number of aliphatic hydroxyl groups is 2. The number of aliphatic hydroxyl groups excluding tert-OH is 1. The van der Waals surface area contributed by atoms with Crippen LogP contribution in [0.25, 0.3) is 0 Å². The largest absolute Gasteiger partial charge is 0.547 e. The van der Waals surface area contributed by atoms with Crippen molar-refractivity contribution in [1.29, 1.82) is 0 Å². The van der Waals surface area contributed by atoms with Crippen LogP contribution in [0.4, 0.5) is 0 Å². The van der Waals surface area contributed by atoms with Crippen LogP contribution in [0.1, 0.15) is 24.3 Å². The molecule has 2 aliphatic heterocycles. The summed E-state index contributed by atoms with van der Waals surface area (Å²) in [5.74, 6) is -0.744. The fourth-order valence-corrected chi connectivity index (χ4v) is 3.27. The first-order valence-electron chi connectivity index (χ1n) is 8.61. The first kappa shape index (κ1) is 19.5. The van der Waals surface area contributed by atoms with Crippen molar-refractivity contribution in [3.8, 4) is 5.75 Å². The first-order valence-corrected chi connectivity index (χ1v) is 8.61. The summed E-state index contributed by atoms with van der Waals surface area (Å²) >= 11 is 0. The lowest BCUT2D eigenvalue weighted by molar-refractivity contribution is -0.123. The number of carbonyl (C=O) groups is 1. The highest BCUT2D eigenvalue weighted by atomic mass is 16.5. The maximum Gasteiger partial charge on any atom is 0.547 e. The Bertz CT molecular complexity index is 759. The molecular weight excluding hydrogens is 353 g/mol. The van der Waals surface area contributed by atoms with Crippen molar-refractivity contribution in [1.82, 2.24) is 20.9 Å². The van der Waals surface area contributed by atoms with Gasteiger partial charge < -0.3 is 30.9 Å². The zero-order chi connectivity index (χ0) is 19.7. The van der Waals surface area contributed by atoms with Gasteiger partial charge in [0.15, 0.2) is 6.29 Å². The van der Waals surface area contributed by atoms with Crippen molar-refractivity contribution < 1.29 is 24.7 Å². The van der Waals surface area contributed by atoms with Crippen LogP contribution in [0, 0.1) is 0 Å². The number of allylic oxidation sites excluding steroid dienone is 1. The van der Waals surface area contributed by atoms with E-state index in [1.165, 1.54) is 6.07 Å². The van der Waals surface area contributed by atoms with Gasteiger partial charge in [-0.25, -0.2) is 0 Å². The number of rotatable bonds is 5. The van der Waals surface area contributed by atoms with E-state index >= 15 is 0 Å². The van der Waals surface area contributed by atoms with Crippen LogP contribution < -0.4 is 21.2 Å². The summed E-state index contributed by atoms with van der Waals surface area (Å²) in [7, 11) is 0.521. The maximum atomic E-state index is 12.5. The van der Waals surface area contributed by atoms with E-state index in [0.29, 0.717) is 12.0 Å². The number of hydrazine groups is 2. The second-order valence-corrected chi connectivity index (χ2v) is 6.58. The van der Waals surface area contributed by atoms with Crippen LogP contribution >= 0.6 is 0 Å². The number of para-hydroxylation sites is 1. The Morgan fingerprint density at radius 2 is 2.26 bits per heavy atom. The van der Waals surface area contributed by atoms with Gasteiger partial charge in [0.1, 0.15) is 12.3 Å². The average molecular weight is 377 g/mol. The smallest absolute Gasteiger partial charge is 0.534 e. The molecule has 1 aromatic rings. The van der Waals surface area contributed by atoms with Gasteiger partial charge in [0.05, 0.1) is 11.6 Å². The Morgan fingerprint density at radius 3 is 2.93 bits per heavy atom. The summed E-state index contributed by atoms with van der Waals surface area (Å²) < 4.78 is 5.44. The van der Waals surface area contributed by atoms with Gasteiger partial charge in [-0.1, -0.05) is 18.2 Å². The quantitative estimate of drug-likeness (QED) is 0.253. The van der Waals surface area contributed by atoms with Gasteiger partial charge in [0.2, 0.25) is 5.91 Å². The molecule has 0 aromatic heterocycles. The summed E-state index contributed by atoms with van der Waals surface area (Å²) in [5, 5.41) is 35.3. The summed E-state index contributed by atoms with van der Waals surface area (Å²) in [5.41, 5.74) is 11.4. The summed E-state index contributed by atoms with van der Waals surface area (Å²) in [4.78, 5) is 12.5. The Labute approximate surface area is 157 Å². The summed E-state index contributed by atoms with van der Waals surface area (Å²) in [6.45, 7) is 2.20. The van der Waals surface area contributed by atoms with Crippen molar-refractivity contribution in [2.45, 2.75) is 25.6 Å². The molecule has 2 heterocycles. The van der Waals surface area contributed by atoms with Gasteiger partial charge in [-0.05, 0) is 18.9 Å². The molecule has 1 atom stereocenters. The molecule has 146 valence electrons. The van der Waals surface area contributed by atoms with E-state index in [4.69, 9.17) is 10.4 Å². The minimum absolute atomic E-state index is 0.0136. The highest BCUT2D eigenvalue weighted by Crippen LogP contribution is 2.32. The van der Waals surface area contributed by atoms with Crippen LogP contribution in [0.3, 0.4) is 0 Å². The topological polar surface area (TPSA) is 144 Å². The van der Waals surface area contributed by atoms with E-state index < -0.39 is 19.3 Å². The van der Waals surface area contributed by atoms with E-state index in [0.717, 1.165) is 11.4 Å². The van der Waals surface area contributed by atoms with Crippen molar-refractivity contribution in [2.24, 2.45) is 5.73 Å². The number of fused-ring (bicyclic) bond motifs is 1. The molecule has 0 spiro atoms. The van der Waals surface area contributed by atoms with Crippen LogP contribution in [0.5, 0.6) is 5.75 Å². The monoisotopic (exact) mass is 377 g/mol. The first-order chi connectivity index (χ1) is 12.8. The van der Waals surface area contributed by atoms with Gasteiger partial charge in [0, 0.05) is 24.9 Å². The Balaban J connectivity index is 1.67. The molecule has 0 fully saturated rings. The molecule has 3 rings (SSSR count). The zero-order valence-corrected chi connectivity index (χ0v) is 15.2. The van der Waals surface area contributed by atoms with Crippen molar-refractivity contribution >= 4 is 13.0 Å². The van der Waals surface area contributed by atoms with Gasteiger partial charge in [-0.3, -0.25) is 14.8 Å². The van der Waals surface area contributed by atoms with Gasteiger partial charge in [-0.2, -0.15) is 0 Å². The molecule has 7 N–H and O–H groups in total. The minimum atomic E-state index is -1.71. The molecule has 0 saturated heterocycles. The SMILES string of the molecule is CC1=C(CN)N(CC(=O)N[C@H]2Cc3cccc(C(O)O)c3OB2O)NN1C. The highest BCUT2D eigenvalue weighted by Gasteiger charge is 2.38. The lowest BCUT2D eigenvalue weighted by Gasteiger charge is -2.30. The standard InChI is InChI=1S/C16H24BN5O5/c1-9-12(7-18)22(20-21(9)2)8-14(23)19-13-6-10-4-3-5-11(16(24)25)15(10)27-17(13)26/h3-5,13,16,20,24-26H,6-8,18H2,1-2H3,(H,19,23)/t13-/m0/s1. The van der Waals surface area contributed by atoms with Crippen LogP contribution in [0.2, 0.25) is 0 Å². The number of hydrogen-bond acceptors (Lipinski definition) is 9. The molecule has 11 heteroatoms. The molecule has 2 aliphatic rings. The molecular formula is C16H24BN5O5. The number of nitrogens with zero attached hydrogens (tertiary/aromatic N) is 2. The summed E-state index contributed by atoms with van der Waals surface area (Å²) in [6, 6.07) is 4.92. The Kier molecular flexibility index (Phi) is 5.58. The van der Waals surface area contributed by atoms with Crippen molar-refractivity contribution in [2.75, 3.05) is 20.1 Å². The molecule has 0 saturated carbocycles. The number of benzene rings is 1. The van der Waals surface area contributed by atoms with E-state index in [-0.39, 0.29) is 30.3 Å². The number of nitrogens with one attached hydrogen (secondary N) is 2. The number of nitrogens with two attached hydrogens (primary N) is 1. The fraction of sp³-hybridized carbons (Fsp3) is 0.438. The number of amides is 1. The highest BCUT2D eigenvalue weighted by molar-refractivity contribution is 6.46. The number of carbonyl (C=O) groups excluding carboxylic acids is 1. The van der Waals surface area contributed by atoms with E-state index in [2.05, 4.69) is 10.9 Å². The maximum absolute atomic E-state index is 12.5. The fourth-order valence-electron chi connectivity index (χ4n) is 3.27. The second-order valence-electron chi connectivity index (χ2n) is 6.58. The Morgan fingerprint density at radius 1 is 1.52 bits per heavy atom. The predicted molar refractivity (Wildman–Crippen MR) is 97.2 cm³/mol. The molecule has 0 aliphatic carbocycles. The van der Waals surface area contributed by atoms with Gasteiger partial charge in [0.25, 0.3) is 0 Å². The second kappa shape index (κ2) is 7.75. The molecule has 1 aromatic carbocycles. The van der Waals surface area contributed by atoms with Gasteiger partial charge >= 0.3 is 7.12 Å². The average Bonchev–Trinajstić information content (AvgIpc) is 2.88. The lowest BCUT2D eigenvalue weighted by Crippen LogP contribution is -2.55. The van der Waals surface area contributed by atoms with Crippen LogP contribution in [0.15, 0.2) is 29.6 Å². The zero-order valence-electron chi connectivity index (χ0n) is 15.2. The third-order valence-corrected chi connectivity index (χ3v) is 4.79. The van der Waals surface area contributed by atoms with E-state index in [1.807, 2.05) is 14.0 Å². The van der Waals surface area contributed by atoms with Crippen molar-refractivity contribution in [3.63, 3.8) is 0 Å². The third-order valence-electron chi connectivity index (χ3n) is 4.79. The molecule has 27 heavy (non-hydrogen) atoms. The minimum Gasteiger partial charge on any atom is -0.534 e. The normalized spacial score (nSPS) is 19.5. The molecule has 1 amide bonds. The third kappa shape index (κ3) is 3.87. The van der Waals surface area contributed by atoms with Gasteiger partial charge in [-0.15, -0.1) is 5.53 Å². The Hall–Kier alpha value is -2.31. The van der Waals surface area contributed by atoms with E-state index in [9.17, 15) is 20.0 Å². The predicted octanol–water partition coefficient (Wildman–Crippen LogP) is -2.03. The molecule has 10 nitrogen and oxygen atoms in total. The summed E-state index contributed by atoms with van der Waals surface area (Å²) in [6.07, 6.45) is -1.41. The molecule has 0 radical (unpaired) electrons. The molecule has 0 unspecified atom stereocenters. The van der Waals surface area contributed by atoms with Crippen LogP contribution in [-0.2, 0) is 11.2 Å².